The summed E-state index contributed by atoms with van der Waals surface area (Å²) in [5.41, 5.74) is 2.18. The van der Waals surface area contributed by atoms with Gasteiger partial charge in [-0.2, -0.15) is 5.10 Å². The lowest BCUT2D eigenvalue weighted by molar-refractivity contribution is -0.114. The lowest BCUT2D eigenvalue weighted by Crippen LogP contribution is -2.32. The molecule has 0 fully saturated rings. The quantitative estimate of drug-likeness (QED) is 0.807. The summed E-state index contributed by atoms with van der Waals surface area (Å²) in [7, 11) is 1.86. The summed E-state index contributed by atoms with van der Waals surface area (Å²) in [6, 6.07) is 7.23. The van der Waals surface area contributed by atoms with Crippen molar-refractivity contribution in [2.75, 3.05) is 11.4 Å². The number of anilines is 1. The highest BCUT2D eigenvalue weighted by Crippen LogP contribution is 2.31. The summed E-state index contributed by atoms with van der Waals surface area (Å²) in [5, 5.41) is 4.09. The molecule has 1 aliphatic heterocycles. The topological polar surface area (TPSA) is 55.2 Å². The van der Waals surface area contributed by atoms with E-state index < -0.39 is 11.7 Å². The van der Waals surface area contributed by atoms with E-state index in [4.69, 9.17) is 0 Å². The van der Waals surface area contributed by atoms with Gasteiger partial charge in [0.1, 0.15) is 0 Å². The number of halogens is 1. The number of aromatic nitrogens is 2. The third-order valence-corrected chi connectivity index (χ3v) is 3.94. The SMILES string of the molecule is Cn1nccc1CCN1C(=O)C(=O)c2cc(Br)ccc21. The molecule has 1 aliphatic rings. The Balaban J connectivity index is 1.86. The molecule has 0 saturated carbocycles. The minimum absolute atomic E-state index is 0.439. The van der Waals surface area contributed by atoms with Crippen molar-refractivity contribution in [1.82, 2.24) is 9.78 Å². The Hall–Kier alpha value is -1.95. The molecule has 2 heterocycles. The van der Waals surface area contributed by atoms with Crippen molar-refractivity contribution in [3.8, 4) is 0 Å². The van der Waals surface area contributed by atoms with Crippen molar-refractivity contribution < 1.29 is 9.59 Å². The molecule has 2 aromatic rings. The predicted octanol–water partition coefficient (Wildman–Crippen LogP) is 1.95. The molecule has 102 valence electrons. The second kappa shape index (κ2) is 4.86. The van der Waals surface area contributed by atoms with E-state index in [0.717, 1.165) is 10.2 Å². The normalized spacial score (nSPS) is 14.0. The summed E-state index contributed by atoms with van der Waals surface area (Å²) >= 11 is 3.32. The highest BCUT2D eigenvalue weighted by molar-refractivity contribution is 9.10. The first-order valence-electron chi connectivity index (χ1n) is 6.20. The van der Waals surface area contributed by atoms with Crippen LogP contribution in [-0.2, 0) is 18.3 Å². The second-order valence-electron chi connectivity index (χ2n) is 4.64. The van der Waals surface area contributed by atoms with Crippen LogP contribution in [0.5, 0.6) is 0 Å². The molecule has 0 spiro atoms. The first-order chi connectivity index (χ1) is 9.58. The Morgan fingerprint density at radius 3 is 2.75 bits per heavy atom. The van der Waals surface area contributed by atoms with Gasteiger partial charge in [-0.1, -0.05) is 15.9 Å². The van der Waals surface area contributed by atoms with E-state index in [2.05, 4.69) is 21.0 Å². The Bertz CT molecular complexity index is 708. The van der Waals surface area contributed by atoms with Crippen molar-refractivity contribution in [3.05, 3.63) is 46.2 Å². The fourth-order valence-electron chi connectivity index (χ4n) is 2.37. The molecule has 0 aliphatic carbocycles. The maximum Gasteiger partial charge on any atom is 0.299 e. The molecule has 3 rings (SSSR count). The molecule has 1 aromatic heterocycles. The number of carbonyl (C=O) groups excluding carboxylic acids is 2. The zero-order valence-corrected chi connectivity index (χ0v) is 12.4. The molecule has 20 heavy (non-hydrogen) atoms. The van der Waals surface area contributed by atoms with Crippen LogP contribution in [0.25, 0.3) is 0 Å². The van der Waals surface area contributed by atoms with E-state index in [1.165, 1.54) is 4.90 Å². The third kappa shape index (κ3) is 2.06. The fraction of sp³-hybridized carbons (Fsp3) is 0.214. The molecule has 0 saturated heterocycles. The third-order valence-electron chi connectivity index (χ3n) is 3.45. The van der Waals surface area contributed by atoms with Crippen molar-refractivity contribution in [3.63, 3.8) is 0 Å². The first kappa shape index (κ1) is 13.1. The van der Waals surface area contributed by atoms with Crippen molar-refractivity contribution in [2.45, 2.75) is 6.42 Å². The van der Waals surface area contributed by atoms with E-state index in [0.29, 0.717) is 24.2 Å². The van der Waals surface area contributed by atoms with Crippen LogP contribution >= 0.6 is 15.9 Å². The van der Waals surface area contributed by atoms with E-state index >= 15 is 0 Å². The highest BCUT2D eigenvalue weighted by Gasteiger charge is 2.35. The number of aryl methyl sites for hydroxylation is 1. The minimum Gasteiger partial charge on any atom is -0.304 e. The van der Waals surface area contributed by atoms with Gasteiger partial charge in [0.15, 0.2) is 0 Å². The van der Waals surface area contributed by atoms with Gasteiger partial charge in [-0.15, -0.1) is 0 Å². The average molecular weight is 334 g/mol. The van der Waals surface area contributed by atoms with Crippen LogP contribution in [0.15, 0.2) is 34.9 Å². The number of ketones is 1. The van der Waals surface area contributed by atoms with E-state index in [1.807, 2.05) is 19.2 Å². The number of nitrogens with zero attached hydrogens (tertiary/aromatic N) is 3. The summed E-state index contributed by atoms with van der Waals surface area (Å²) in [6.45, 7) is 0.471. The number of carbonyl (C=O) groups is 2. The van der Waals surface area contributed by atoms with Crippen LogP contribution in [0.1, 0.15) is 16.1 Å². The summed E-state index contributed by atoms with van der Waals surface area (Å²) < 4.78 is 2.57. The maximum absolute atomic E-state index is 12.1. The fourth-order valence-corrected chi connectivity index (χ4v) is 2.73. The Morgan fingerprint density at radius 1 is 1.25 bits per heavy atom. The lowest BCUT2D eigenvalue weighted by atomic mass is 10.1. The van der Waals surface area contributed by atoms with Gasteiger partial charge in [-0.3, -0.25) is 14.3 Å². The number of benzene rings is 1. The number of rotatable bonds is 3. The van der Waals surface area contributed by atoms with Crippen LogP contribution in [0.4, 0.5) is 5.69 Å². The first-order valence-corrected chi connectivity index (χ1v) is 7.00. The Kier molecular flexibility index (Phi) is 3.17. The van der Waals surface area contributed by atoms with Gasteiger partial charge in [0, 0.05) is 36.4 Å². The highest BCUT2D eigenvalue weighted by atomic mass is 79.9. The van der Waals surface area contributed by atoms with E-state index in [1.54, 1.807) is 23.0 Å². The van der Waals surface area contributed by atoms with E-state index in [9.17, 15) is 9.59 Å². The molecule has 0 unspecified atom stereocenters. The van der Waals surface area contributed by atoms with Gasteiger partial charge in [-0.05, 0) is 24.3 Å². The molecule has 0 bridgehead atoms. The molecular formula is C14H12BrN3O2. The van der Waals surface area contributed by atoms with Gasteiger partial charge >= 0.3 is 0 Å². The smallest absolute Gasteiger partial charge is 0.299 e. The molecule has 1 amide bonds. The van der Waals surface area contributed by atoms with Crippen LogP contribution in [0.2, 0.25) is 0 Å². The largest absolute Gasteiger partial charge is 0.304 e. The van der Waals surface area contributed by atoms with Crippen molar-refractivity contribution in [1.29, 1.82) is 0 Å². The molecule has 5 nitrogen and oxygen atoms in total. The van der Waals surface area contributed by atoms with Crippen LogP contribution in [0, 0.1) is 0 Å². The lowest BCUT2D eigenvalue weighted by Gasteiger charge is -2.16. The Morgan fingerprint density at radius 2 is 2.05 bits per heavy atom. The van der Waals surface area contributed by atoms with Crippen LogP contribution in [0.3, 0.4) is 0 Å². The van der Waals surface area contributed by atoms with Crippen LogP contribution < -0.4 is 4.90 Å². The van der Waals surface area contributed by atoms with Gasteiger partial charge in [-0.25, -0.2) is 0 Å². The number of Topliss-reactive ketones (excluding diaryl/α,β-unsaturated/α-hetero) is 1. The Labute approximate surface area is 124 Å². The summed E-state index contributed by atoms with van der Waals surface area (Å²) in [6.07, 6.45) is 2.38. The van der Waals surface area contributed by atoms with Gasteiger partial charge in [0.25, 0.3) is 11.7 Å². The monoisotopic (exact) mass is 333 g/mol. The van der Waals surface area contributed by atoms with Gasteiger partial charge in [0.2, 0.25) is 0 Å². The summed E-state index contributed by atoms with van der Waals surface area (Å²) in [5.74, 6) is -0.897. The maximum atomic E-state index is 12.1. The standard InChI is InChI=1S/C14H12BrN3O2/c1-17-10(4-6-16-17)5-7-18-12-3-2-9(15)8-11(12)13(19)14(18)20/h2-4,6,8H,5,7H2,1H3. The summed E-state index contributed by atoms with van der Waals surface area (Å²) in [4.78, 5) is 25.6. The number of amides is 1. The number of hydrogen-bond acceptors (Lipinski definition) is 3. The zero-order chi connectivity index (χ0) is 14.3. The number of hydrogen-bond donors (Lipinski definition) is 0. The molecule has 0 N–H and O–H groups in total. The molecule has 1 aromatic carbocycles. The zero-order valence-electron chi connectivity index (χ0n) is 10.8. The second-order valence-corrected chi connectivity index (χ2v) is 5.56. The van der Waals surface area contributed by atoms with Crippen molar-refractivity contribution >= 4 is 33.3 Å². The molecule has 6 heteroatoms. The molecular weight excluding hydrogens is 322 g/mol. The number of fused-ring (bicyclic) bond motifs is 1. The van der Waals surface area contributed by atoms with Gasteiger partial charge < -0.3 is 4.90 Å². The van der Waals surface area contributed by atoms with Crippen LogP contribution in [-0.4, -0.2) is 28.0 Å². The average Bonchev–Trinajstić information content (AvgIpc) is 2.93. The van der Waals surface area contributed by atoms with Crippen molar-refractivity contribution in [2.24, 2.45) is 7.05 Å². The predicted molar refractivity (Wildman–Crippen MR) is 77.7 cm³/mol. The molecule has 0 radical (unpaired) electrons. The van der Waals surface area contributed by atoms with E-state index in [-0.39, 0.29) is 0 Å². The molecule has 0 atom stereocenters. The minimum atomic E-state index is -0.458. The van der Waals surface area contributed by atoms with Gasteiger partial charge in [0.05, 0.1) is 11.3 Å².